The van der Waals surface area contributed by atoms with E-state index >= 15 is 0 Å². The normalized spacial score (nSPS) is 22.6. The number of amides is 1. The molecule has 0 saturated heterocycles. The highest BCUT2D eigenvalue weighted by atomic mass is 32.1. The van der Waals surface area contributed by atoms with Gasteiger partial charge in [0.2, 0.25) is 5.91 Å². The van der Waals surface area contributed by atoms with Crippen LogP contribution in [0.2, 0.25) is 0 Å². The van der Waals surface area contributed by atoms with Crippen molar-refractivity contribution in [3.8, 4) is 0 Å². The lowest BCUT2D eigenvalue weighted by Gasteiger charge is -2.24. The van der Waals surface area contributed by atoms with Crippen LogP contribution in [0.4, 0.5) is 0 Å². The average Bonchev–Trinajstić information content (AvgIpc) is 2.93. The molecule has 4 heteroatoms. The molecule has 0 spiro atoms. The standard InChI is InChI=1S/C16H24N2OS/c17-13(11-7-8-11)10-15(19)18-16(12-4-1-2-5-12)14-6-3-9-20-14/h3,6,9,11-13,16H,1-2,4-5,7-8,10,17H2,(H,18,19). The molecule has 2 unspecified atom stereocenters. The molecule has 20 heavy (non-hydrogen) atoms. The average molecular weight is 292 g/mol. The highest BCUT2D eigenvalue weighted by Crippen LogP contribution is 2.38. The van der Waals surface area contributed by atoms with Gasteiger partial charge in [0.05, 0.1) is 6.04 Å². The highest BCUT2D eigenvalue weighted by Gasteiger charge is 2.32. The van der Waals surface area contributed by atoms with Gasteiger partial charge >= 0.3 is 0 Å². The van der Waals surface area contributed by atoms with E-state index in [2.05, 4.69) is 22.8 Å². The number of thiophene rings is 1. The predicted octanol–water partition coefficient (Wildman–Crippen LogP) is 3.22. The molecule has 1 aromatic rings. The third kappa shape index (κ3) is 3.41. The minimum Gasteiger partial charge on any atom is -0.348 e. The Morgan fingerprint density at radius 3 is 2.65 bits per heavy atom. The second kappa shape index (κ2) is 6.27. The molecule has 3 nitrogen and oxygen atoms in total. The topological polar surface area (TPSA) is 55.1 Å². The van der Waals surface area contributed by atoms with Gasteiger partial charge in [-0.25, -0.2) is 0 Å². The van der Waals surface area contributed by atoms with Gasteiger partial charge in [-0.1, -0.05) is 18.9 Å². The number of hydrogen-bond donors (Lipinski definition) is 2. The minimum atomic E-state index is 0.0579. The van der Waals surface area contributed by atoms with Crippen LogP contribution < -0.4 is 11.1 Å². The fraction of sp³-hybridized carbons (Fsp3) is 0.688. The predicted molar refractivity (Wildman–Crippen MR) is 82.5 cm³/mol. The first-order valence-corrected chi connectivity index (χ1v) is 8.70. The van der Waals surface area contributed by atoms with E-state index in [0.29, 0.717) is 18.3 Å². The summed E-state index contributed by atoms with van der Waals surface area (Å²) >= 11 is 1.75. The van der Waals surface area contributed by atoms with Crippen LogP contribution in [0.5, 0.6) is 0 Å². The van der Waals surface area contributed by atoms with E-state index < -0.39 is 0 Å². The van der Waals surface area contributed by atoms with Gasteiger partial charge in [-0.05, 0) is 49.0 Å². The summed E-state index contributed by atoms with van der Waals surface area (Å²) in [6, 6.07) is 4.48. The summed E-state index contributed by atoms with van der Waals surface area (Å²) in [5.41, 5.74) is 6.07. The van der Waals surface area contributed by atoms with Gasteiger partial charge in [-0.2, -0.15) is 0 Å². The van der Waals surface area contributed by atoms with Crippen molar-refractivity contribution in [1.29, 1.82) is 0 Å². The molecule has 2 fully saturated rings. The molecule has 0 radical (unpaired) electrons. The van der Waals surface area contributed by atoms with Gasteiger partial charge in [0.15, 0.2) is 0 Å². The molecule has 2 atom stereocenters. The fourth-order valence-electron chi connectivity index (χ4n) is 3.32. The summed E-state index contributed by atoms with van der Waals surface area (Å²) in [4.78, 5) is 13.6. The number of hydrogen-bond acceptors (Lipinski definition) is 3. The Balaban J connectivity index is 1.61. The van der Waals surface area contributed by atoms with Gasteiger partial charge in [0, 0.05) is 17.3 Å². The van der Waals surface area contributed by atoms with Gasteiger partial charge in [0.1, 0.15) is 0 Å². The molecule has 2 saturated carbocycles. The number of nitrogens with one attached hydrogen (secondary N) is 1. The SMILES string of the molecule is NC(CC(=O)NC(c1cccs1)C1CCCC1)C1CC1. The molecule has 110 valence electrons. The van der Waals surface area contributed by atoms with Crippen molar-refractivity contribution in [2.75, 3.05) is 0 Å². The smallest absolute Gasteiger partial charge is 0.222 e. The minimum absolute atomic E-state index is 0.0579. The first kappa shape index (κ1) is 14.1. The maximum Gasteiger partial charge on any atom is 0.222 e. The first-order valence-electron chi connectivity index (χ1n) is 7.82. The lowest BCUT2D eigenvalue weighted by Crippen LogP contribution is -2.37. The van der Waals surface area contributed by atoms with E-state index in [9.17, 15) is 4.79 Å². The molecule has 0 bridgehead atoms. The maximum atomic E-state index is 12.3. The van der Waals surface area contributed by atoms with Crippen LogP contribution in [-0.2, 0) is 4.79 Å². The van der Waals surface area contributed by atoms with Gasteiger partial charge in [0.25, 0.3) is 0 Å². The van der Waals surface area contributed by atoms with E-state index in [1.807, 2.05) is 0 Å². The summed E-state index contributed by atoms with van der Waals surface area (Å²) in [5, 5.41) is 5.36. The van der Waals surface area contributed by atoms with Gasteiger partial charge in [-0.15, -0.1) is 11.3 Å². The van der Waals surface area contributed by atoms with Crippen molar-refractivity contribution in [1.82, 2.24) is 5.32 Å². The molecule has 2 aliphatic rings. The summed E-state index contributed by atoms with van der Waals surface area (Å²) in [6.45, 7) is 0. The molecule has 3 rings (SSSR count). The monoisotopic (exact) mass is 292 g/mol. The lowest BCUT2D eigenvalue weighted by molar-refractivity contribution is -0.122. The third-order valence-corrected chi connectivity index (χ3v) is 5.64. The van der Waals surface area contributed by atoms with Crippen LogP contribution in [0.3, 0.4) is 0 Å². The zero-order valence-corrected chi connectivity index (χ0v) is 12.7. The van der Waals surface area contributed by atoms with Gasteiger partial charge in [-0.3, -0.25) is 4.79 Å². The molecule has 2 aliphatic carbocycles. The first-order chi connectivity index (χ1) is 9.74. The van der Waals surface area contributed by atoms with E-state index in [4.69, 9.17) is 5.73 Å². The molecular formula is C16H24N2OS. The Morgan fingerprint density at radius 2 is 2.05 bits per heavy atom. The third-order valence-electron chi connectivity index (χ3n) is 4.69. The largest absolute Gasteiger partial charge is 0.348 e. The second-order valence-corrected chi connectivity index (χ2v) is 7.29. The van der Waals surface area contributed by atoms with Crippen LogP contribution in [0.1, 0.15) is 55.9 Å². The summed E-state index contributed by atoms with van der Waals surface area (Å²) in [6.07, 6.45) is 7.94. The second-order valence-electron chi connectivity index (χ2n) is 6.31. The van der Waals surface area contributed by atoms with Crippen molar-refractivity contribution < 1.29 is 4.79 Å². The molecule has 3 N–H and O–H groups in total. The van der Waals surface area contributed by atoms with Gasteiger partial charge < -0.3 is 11.1 Å². The Hall–Kier alpha value is -0.870. The van der Waals surface area contributed by atoms with Crippen molar-refractivity contribution in [3.05, 3.63) is 22.4 Å². The summed E-state index contributed by atoms with van der Waals surface area (Å²) in [5.74, 6) is 1.33. The Morgan fingerprint density at radius 1 is 1.30 bits per heavy atom. The highest BCUT2D eigenvalue weighted by molar-refractivity contribution is 7.10. The number of nitrogens with two attached hydrogens (primary N) is 1. The van der Waals surface area contributed by atoms with Crippen LogP contribution in [-0.4, -0.2) is 11.9 Å². The molecule has 0 aliphatic heterocycles. The maximum absolute atomic E-state index is 12.3. The quantitative estimate of drug-likeness (QED) is 0.846. The molecule has 0 aromatic carbocycles. The van der Waals surface area contributed by atoms with Crippen molar-refractivity contribution in [2.45, 2.75) is 57.0 Å². The number of carbonyl (C=O) groups excluding carboxylic acids is 1. The van der Waals surface area contributed by atoms with E-state index in [-0.39, 0.29) is 18.0 Å². The Bertz CT molecular complexity index is 435. The van der Waals surface area contributed by atoms with E-state index in [0.717, 1.165) is 0 Å². The molecule has 1 heterocycles. The molecular weight excluding hydrogens is 268 g/mol. The molecule has 1 amide bonds. The number of carbonyl (C=O) groups is 1. The van der Waals surface area contributed by atoms with Crippen molar-refractivity contribution in [3.63, 3.8) is 0 Å². The van der Waals surface area contributed by atoms with Crippen molar-refractivity contribution in [2.24, 2.45) is 17.6 Å². The Labute approximate surface area is 124 Å². The zero-order chi connectivity index (χ0) is 13.9. The zero-order valence-electron chi connectivity index (χ0n) is 11.9. The van der Waals surface area contributed by atoms with Crippen LogP contribution in [0.15, 0.2) is 17.5 Å². The van der Waals surface area contributed by atoms with E-state index in [1.165, 1.54) is 43.4 Å². The number of rotatable bonds is 6. The molecule has 1 aromatic heterocycles. The van der Waals surface area contributed by atoms with Crippen LogP contribution in [0, 0.1) is 11.8 Å². The Kier molecular flexibility index (Phi) is 4.41. The fourth-order valence-corrected chi connectivity index (χ4v) is 4.19. The summed E-state index contributed by atoms with van der Waals surface area (Å²) < 4.78 is 0. The van der Waals surface area contributed by atoms with Crippen LogP contribution >= 0.6 is 11.3 Å². The summed E-state index contributed by atoms with van der Waals surface area (Å²) in [7, 11) is 0. The van der Waals surface area contributed by atoms with E-state index in [1.54, 1.807) is 11.3 Å². The van der Waals surface area contributed by atoms with Crippen molar-refractivity contribution >= 4 is 17.2 Å². The van der Waals surface area contributed by atoms with Crippen LogP contribution in [0.25, 0.3) is 0 Å². The lowest BCUT2D eigenvalue weighted by atomic mass is 9.96.